The Hall–Kier alpha value is -1.72. The average molecular weight is 300 g/mol. The van der Waals surface area contributed by atoms with Crippen molar-refractivity contribution in [1.82, 2.24) is 5.32 Å². The molecule has 0 fully saturated rings. The highest BCUT2D eigenvalue weighted by Gasteiger charge is 2.15. The van der Waals surface area contributed by atoms with Gasteiger partial charge in [0.25, 0.3) is 0 Å². The van der Waals surface area contributed by atoms with Crippen LogP contribution in [0.4, 0.5) is 0 Å². The number of aliphatic hydroxyl groups excluding tert-OH is 2. The number of nitrogens with two attached hydrogens (primary N) is 1. The number of nitrogens with one attached hydrogen (secondary N) is 1. The summed E-state index contributed by atoms with van der Waals surface area (Å²) in [6.45, 7) is 0.747. The number of rotatable bonds is 8. The third-order valence-corrected chi connectivity index (χ3v) is 3.68. The van der Waals surface area contributed by atoms with Crippen LogP contribution < -0.4 is 11.1 Å². The number of hydrogen-bond donors (Lipinski definition) is 4. The van der Waals surface area contributed by atoms with Crippen molar-refractivity contribution in [3.05, 3.63) is 71.8 Å². The standard InChI is InChI=1S/C18H24N2O2/c19-16(11-14-7-3-1-4-8-14)18(22)13-20-12-17(21)15-9-5-2-6-10-15/h1-10,16-18,20-22H,11-13,19H2/t16?,17-,18-/m1/s1. The first kappa shape index (κ1) is 16.6. The summed E-state index contributed by atoms with van der Waals surface area (Å²) in [6, 6.07) is 19.0. The lowest BCUT2D eigenvalue weighted by Gasteiger charge is -2.20. The molecule has 3 atom stereocenters. The molecule has 2 rings (SSSR count). The molecule has 0 bridgehead atoms. The third kappa shape index (κ3) is 5.24. The maximum Gasteiger partial charge on any atom is 0.0914 e. The smallest absolute Gasteiger partial charge is 0.0914 e. The van der Waals surface area contributed by atoms with Crippen molar-refractivity contribution in [1.29, 1.82) is 0 Å². The molecule has 2 aromatic rings. The van der Waals surface area contributed by atoms with Gasteiger partial charge in [-0.15, -0.1) is 0 Å². The van der Waals surface area contributed by atoms with E-state index in [0.717, 1.165) is 11.1 Å². The van der Waals surface area contributed by atoms with Gasteiger partial charge in [-0.25, -0.2) is 0 Å². The summed E-state index contributed by atoms with van der Waals surface area (Å²) < 4.78 is 0. The lowest BCUT2D eigenvalue weighted by molar-refractivity contribution is 0.127. The van der Waals surface area contributed by atoms with Crippen LogP contribution in [0.2, 0.25) is 0 Å². The fourth-order valence-electron chi connectivity index (χ4n) is 2.33. The van der Waals surface area contributed by atoms with Crippen molar-refractivity contribution in [3.63, 3.8) is 0 Å². The Kier molecular flexibility index (Phi) is 6.55. The highest BCUT2D eigenvalue weighted by atomic mass is 16.3. The zero-order chi connectivity index (χ0) is 15.8. The SMILES string of the molecule is NC(Cc1ccccc1)[C@H](O)CNC[C@@H](O)c1ccccc1. The lowest BCUT2D eigenvalue weighted by atomic mass is 10.0. The molecule has 5 N–H and O–H groups in total. The van der Waals surface area contributed by atoms with Gasteiger partial charge < -0.3 is 21.3 Å². The molecule has 0 aliphatic heterocycles. The van der Waals surface area contributed by atoms with Crippen molar-refractivity contribution in [2.45, 2.75) is 24.7 Å². The van der Waals surface area contributed by atoms with Crippen molar-refractivity contribution in [2.24, 2.45) is 5.73 Å². The van der Waals surface area contributed by atoms with Crippen LogP contribution in [0, 0.1) is 0 Å². The first-order valence-corrected chi connectivity index (χ1v) is 7.58. The Bertz CT molecular complexity index is 533. The van der Waals surface area contributed by atoms with Crippen LogP contribution in [0.5, 0.6) is 0 Å². The van der Waals surface area contributed by atoms with E-state index in [1.807, 2.05) is 60.7 Å². The molecule has 0 spiro atoms. The van der Waals surface area contributed by atoms with Crippen LogP contribution in [0.25, 0.3) is 0 Å². The van der Waals surface area contributed by atoms with Gasteiger partial charge >= 0.3 is 0 Å². The molecule has 0 saturated heterocycles. The molecule has 0 amide bonds. The molecule has 22 heavy (non-hydrogen) atoms. The van der Waals surface area contributed by atoms with Gasteiger partial charge in [0, 0.05) is 19.1 Å². The van der Waals surface area contributed by atoms with Gasteiger partial charge in [0.2, 0.25) is 0 Å². The Labute approximate surface area is 131 Å². The van der Waals surface area contributed by atoms with E-state index in [9.17, 15) is 10.2 Å². The summed E-state index contributed by atoms with van der Waals surface area (Å²) in [6.07, 6.45) is -0.604. The second kappa shape index (κ2) is 8.66. The van der Waals surface area contributed by atoms with E-state index in [1.54, 1.807) is 0 Å². The monoisotopic (exact) mass is 300 g/mol. The Morgan fingerprint density at radius 3 is 2.09 bits per heavy atom. The third-order valence-electron chi connectivity index (χ3n) is 3.68. The van der Waals surface area contributed by atoms with Gasteiger partial charge in [0.15, 0.2) is 0 Å². The number of benzene rings is 2. The maximum absolute atomic E-state index is 10.1. The van der Waals surface area contributed by atoms with E-state index in [4.69, 9.17) is 5.73 Å². The first-order valence-electron chi connectivity index (χ1n) is 7.58. The fraction of sp³-hybridized carbons (Fsp3) is 0.333. The molecule has 1 unspecified atom stereocenters. The second-order valence-electron chi connectivity index (χ2n) is 5.51. The van der Waals surface area contributed by atoms with Crippen molar-refractivity contribution in [2.75, 3.05) is 13.1 Å². The molecule has 2 aromatic carbocycles. The molecule has 0 aliphatic rings. The molecule has 0 aliphatic carbocycles. The molecule has 4 nitrogen and oxygen atoms in total. The van der Waals surface area contributed by atoms with Crippen molar-refractivity contribution < 1.29 is 10.2 Å². The zero-order valence-electron chi connectivity index (χ0n) is 12.6. The molecule has 4 heteroatoms. The highest BCUT2D eigenvalue weighted by Crippen LogP contribution is 2.10. The molecule has 0 radical (unpaired) electrons. The molecule has 0 saturated carbocycles. The molecule has 118 valence electrons. The van der Waals surface area contributed by atoms with Gasteiger partial charge in [-0.3, -0.25) is 0 Å². The number of aliphatic hydroxyl groups is 2. The van der Waals surface area contributed by atoms with Crippen LogP contribution in [-0.2, 0) is 6.42 Å². The lowest BCUT2D eigenvalue weighted by Crippen LogP contribution is -2.43. The van der Waals surface area contributed by atoms with Crippen molar-refractivity contribution >= 4 is 0 Å². The minimum absolute atomic E-state index is 0.330. The predicted molar refractivity (Wildman–Crippen MR) is 88.4 cm³/mol. The fourth-order valence-corrected chi connectivity index (χ4v) is 2.33. The summed E-state index contributed by atoms with van der Waals surface area (Å²) >= 11 is 0. The first-order chi connectivity index (χ1) is 10.7. The minimum Gasteiger partial charge on any atom is -0.390 e. The van der Waals surface area contributed by atoms with Crippen LogP contribution in [-0.4, -0.2) is 35.4 Å². The summed E-state index contributed by atoms with van der Waals surface area (Å²) in [4.78, 5) is 0. The Morgan fingerprint density at radius 2 is 1.45 bits per heavy atom. The normalized spacial score (nSPS) is 15.2. The predicted octanol–water partition coefficient (Wildman–Crippen LogP) is 1.24. The van der Waals surface area contributed by atoms with E-state index in [2.05, 4.69) is 5.32 Å². The minimum atomic E-state index is -0.650. The van der Waals surface area contributed by atoms with Gasteiger partial charge in [0.1, 0.15) is 0 Å². The summed E-state index contributed by atoms with van der Waals surface area (Å²) in [7, 11) is 0. The topological polar surface area (TPSA) is 78.5 Å². The maximum atomic E-state index is 10.1. The number of hydrogen-bond acceptors (Lipinski definition) is 4. The largest absolute Gasteiger partial charge is 0.390 e. The van der Waals surface area contributed by atoms with Crippen LogP contribution in [0.1, 0.15) is 17.2 Å². The van der Waals surface area contributed by atoms with Gasteiger partial charge in [-0.05, 0) is 17.5 Å². The summed E-state index contributed by atoms with van der Waals surface area (Å²) in [5.41, 5.74) is 7.99. The molecule has 0 aromatic heterocycles. The van der Waals surface area contributed by atoms with Gasteiger partial charge in [-0.2, -0.15) is 0 Å². The Morgan fingerprint density at radius 1 is 0.864 bits per heavy atom. The van der Waals surface area contributed by atoms with Gasteiger partial charge in [0.05, 0.1) is 12.2 Å². The molecular weight excluding hydrogens is 276 g/mol. The quantitative estimate of drug-likeness (QED) is 0.591. The van der Waals surface area contributed by atoms with E-state index in [0.29, 0.717) is 19.5 Å². The van der Waals surface area contributed by atoms with E-state index < -0.39 is 12.2 Å². The second-order valence-corrected chi connectivity index (χ2v) is 5.51. The van der Waals surface area contributed by atoms with Crippen LogP contribution in [0.3, 0.4) is 0 Å². The molecule has 0 heterocycles. The summed E-state index contributed by atoms with van der Waals surface area (Å²) in [5, 5.41) is 23.2. The average Bonchev–Trinajstić information content (AvgIpc) is 2.56. The van der Waals surface area contributed by atoms with Crippen LogP contribution >= 0.6 is 0 Å². The molecular formula is C18H24N2O2. The summed E-state index contributed by atoms with van der Waals surface area (Å²) in [5.74, 6) is 0. The van der Waals surface area contributed by atoms with E-state index >= 15 is 0 Å². The van der Waals surface area contributed by atoms with Crippen molar-refractivity contribution in [3.8, 4) is 0 Å². The highest BCUT2D eigenvalue weighted by molar-refractivity contribution is 5.18. The van der Waals surface area contributed by atoms with E-state index in [-0.39, 0.29) is 6.04 Å². The van der Waals surface area contributed by atoms with Gasteiger partial charge in [-0.1, -0.05) is 60.7 Å². The van der Waals surface area contributed by atoms with E-state index in [1.165, 1.54) is 0 Å². The van der Waals surface area contributed by atoms with Crippen LogP contribution in [0.15, 0.2) is 60.7 Å². The zero-order valence-corrected chi connectivity index (χ0v) is 12.6. The Balaban J connectivity index is 1.72.